The number of hydrogen-bond donors (Lipinski definition) is 3. The summed E-state index contributed by atoms with van der Waals surface area (Å²) < 4.78 is 0. The number of phenols is 1. The highest BCUT2D eigenvalue weighted by Gasteiger charge is 2.10. The quantitative estimate of drug-likeness (QED) is 0.735. The Hall–Kier alpha value is -2.33. The third kappa shape index (κ3) is 4.33. The molecule has 116 valence electrons. The van der Waals surface area contributed by atoms with Crippen molar-refractivity contribution < 1.29 is 20.1 Å². The van der Waals surface area contributed by atoms with Gasteiger partial charge in [-0.2, -0.15) is 0 Å². The van der Waals surface area contributed by atoms with Crippen molar-refractivity contribution in [1.82, 2.24) is 0 Å². The number of carboxylic acid groups (broad SMARTS) is 1. The van der Waals surface area contributed by atoms with Gasteiger partial charge >= 0.3 is 5.97 Å². The molecule has 0 amide bonds. The summed E-state index contributed by atoms with van der Waals surface area (Å²) in [6, 6.07) is 12.9. The molecule has 3 N–H and O–H groups in total. The van der Waals surface area contributed by atoms with E-state index in [1.807, 2.05) is 18.2 Å². The summed E-state index contributed by atoms with van der Waals surface area (Å²) in [7, 11) is 0. The van der Waals surface area contributed by atoms with Crippen molar-refractivity contribution in [2.75, 3.05) is 6.61 Å². The number of hydrogen-bond acceptors (Lipinski definition) is 3. The average molecular weight is 300 g/mol. The summed E-state index contributed by atoms with van der Waals surface area (Å²) in [6.45, 7) is 0.190. The number of aryl methyl sites for hydroxylation is 3. The van der Waals surface area contributed by atoms with Crippen LogP contribution >= 0.6 is 0 Å². The molecule has 0 aliphatic heterocycles. The molecule has 0 radical (unpaired) electrons. The molecule has 0 bridgehead atoms. The summed E-state index contributed by atoms with van der Waals surface area (Å²) in [5.41, 5.74) is 3.20. The molecular formula is C18H20O4. The van der Waals surface area contributed by atoms with Gasteiger partial charge in [0, 0.05) is 6.61 Å². The average Bonchev–Trinajstić information content (AvgIpc) is 2.52. The lowest BCUT2D eigenvalue weighted by Gasteiger charge is -2.07. The molecule has 0 saturated carbocycles. The Morgan fingerprint density at radius 3 is 2.18 bits per heavy atom. The van der Waals surface area contributed by atoms with Crippen LogP contribution in [0.3, 0.4) is 0 Å². The maximum atomic E-state index is 11.0. The zero-order valence-electron chi connectivity index (χ0n) is 12.3. The van der Waals surface area contributed by atoms with E-state index in [0.29, 0.717) is 6.42 Å². The lowest BCUT2D eigenvalue weighted by Crippen LogP contribution is -1.99. The predicted molar refractivity (Wildman–Crippen MR) is 84.3 cm³/mol. The van der Waals surface area contributed by atoms with Crippen LogP contribution in [0, 0.1) is 0 Å². The molecule has 4 heteroatoms. The van der Waals surface area contributed by atoms with Crippen LogP contribution in [0.15, 0.2) is 42.5 Å². The summed E-state index contributed by atoms with van der Waals surface area (Å²) in [5, 5.41) is 27.4. The number of aromatic hydroxyl groups is 1. The standard InChI is InChI=1S/C18H20O4/c19-10-2-5-13-3-1-4-14(11-13)6-7-15-8-9-17(20)16(12-15)18(21)22/h1,3-4,8-9,11-12,19-20H,2,5-7,10H2,(H,21,22). The SMILES string of the molecule is O=C(O)c1cc(CCc2cccc(CCCO)c2)ccc1O. The normalized spacial score (nSPS) is 10.6. The summed E-state index contributed by atoms with van der Waals surface area (Å²) in [6.07, 6.45) is 3.12. The topological polar surface area (TPSA) is 77.8 Å². The molecule has 22 heavy (non-hydrogen) atoms. The maximum absolute atomic E-state index is 11.0. The fraction of sp³-hybridized carbons (Fsp3) is 0.278. The largest absolute Gasteiger partial charge is 0.507 e. The van der Waals surface area contributed by atoms with Crippen molar-refractivity contribution in [3.63, 3.8) is 0 Å². The van der Waals surface area contributed by atoms with Gasteiger partial charge < -0.3 is 15.3 Å². The van der Waals surface area contributed by atoms with Crippen molar-refractivity contribution in [2.24, 2.45) is 0 Å². The van der Waals surface area contributed by atoms with Gasteiger partial charge in [-0.25, -0.2) is 4.79 Å². The van der Waals surface area contributed by atoms with Gasteiger partial charge in [-0.05, 0) is 54.5 Å². The number of carboxylic acids is 1. The second-order valence-corrected chi connectivity index (χ2v) is 5.30. The van der Waals surface area contributed by atoms with Crippen LogP contribution in [0.5, 0.6) is 5.75 Å². The van der Waals surface area contributed by atoms with Gasteiger partial charge in [0.05, 0.1) is 0 Å². The van der Waals surface area contributed by atoms with Crippen LogP contribution in [0.25, 0.3) is 0 Å². The minimum atomic E-state index is -1.12. The Labute approximate surface area is 129 Å². The molecule has 0 aliphatic carbocycles. The highest BCUT2D eigenvalue weighted by atomic mass is 16.4. The summed E-state index contributed by atoms with van der Waals surface area (Å²) in [5.74, 6) is -1.33. The molecule has 0 saturated heterocycles. The Bertz CT molecular complexity index is 649. The molecular weight excluding hydrogens is 280 g/mol. The number of rotatable bonds is 7. The van der Waals surface area contributed by atoms with Gasteiger partial charge in [-0.3, -0.25) is 0 Å². The Morgan fingerprint density at radius 1 is 0.909 bits per heavy atom. The Kier molecular flexibility index (Phi) is 5.55. The summed E-state index contributed by atoms with van der Waals surface area (Å²) in [4.78, 5) is 11.0. The first-order chi connectivity index (χ1) is 10.6. The van der Waals surface area contributed by atoms with E-state index in [0.717, 1.165) is 24.8 Å². The minimum Gasteiger partial charge on any atom is -0.507 e. The van der Waals surface area contributed by atoms with E-state index in [4.69, 9.17) is 10.2 Å². The van der Waals surface area contributed by atoms with Crippen LogP contribution in [-0.2, 0) is 19.3 Å². The zero-order valence-corrected chi connectivity index (χ0v) is 12.3. The van der Waals surface area contributed by atoms with Gasteiger partial charge in [-0.15, -0.1) is 0 Å². The van der Waals surface area contributed by atoms with Gasteiger partial charge in [-0.1, -0.05) is 30.3 Å². The second-order valence-electron chi connectivity index (χ2n) is 5.30. The van der Waals surface area contributed by atoms with Crippen LogP contribution in [-0.4, -0.2) is 27.9 Å². The van der Waals surface area contributed by atoms with Crippen LogP contribution in [0.1, 0.15) is 33.5 Å². The predicted octanol–water partition coefficient (Wildman–Crippen LogP) is 2.80. The van der Waals surface area contributed by atoms with Crippen molar-refractivity contribution in [1.29, 1.82) is 0 Å². The molecule has 2 aromatic rings. The van der Waals surface area contributed by atoms with E-state index >= 15 is 0 Å². The van der Waals surface area contributed by atoms with Gasteiger partial charge in [0.15, 0.2) is 0 Å². The van der Waals surface area contributed by atoms with Gasteiger partial charge in [0.1, 0.15) is 11.3 Å². The first-order valence-corrected chi connectivity index (χ1v) is 7.34. The highest BCUT2D eigenvalue weighted by Crippen LogP contribution is 2.20. The van der Waals surface area contributed by atoms with Gasteiger partial charge in [0.25, 0.3) is 0 Å². The number of aliphatic hydroxyl groups excluding tert-OH is 1. The maximum Gasteiger partial charge on any atom is 0.339 e. The van der Waals surface area contributed by atoms with Crippen molar-refractivity contribution in [3.8, 4) is 5.75 Å². The van der Waals surface area contributed by atoms with E-state index < -0.39 is 5.97 Å². The van der Waals surface area contributed by atoms with Crippen molar-refractivity contribution in [3.05, 3.63) is 64.7 Å². The van der Waals surface area contributed by atoms with E-state index in [9.17, 15) is 9.90 Å². The first kappa shape index (κ1) is 16.0. The molecule has 0 heterocycles. The Balaban J connectivity index is 2.04. The number of benzene rings is 2. The number of aliphatic hydroxyl groups is 1. The first-order valence-electron chi connectivity index (χ1n) is 7.34. The molecule has 0 fully saturated rings. The van der Waals surface area contributed by atoms with E-state index in [1.165, 1.54) is 23.3 Å². The third-order valence-electron chi connectivity index (χ3n) is 3.61. The highest BCUT2D eigenvalue weighted by molar-refractivity contribution is 5.90. The lowest BCUT2D eigenvalue weighted by molar-refractivity contribution is 0.0693. The molecule has 0 spiro atoms. The molecule has 4 nitrogen and oxygen atoms in total. The van der Waals surface area contributed by atoms with Gasteiger partial charge in [0.2, 0.25) is 0 Å². The molecule has 0 atom stereocenters. The fourth-order valence-corrected chi connectivity index (χ4v) is 2.42. The molecule has 0 unspecified atom stereocenters. The zero-order chi connectivity index (χ0) is 15.9. The summed E-state index contributed by atoms with van der Waals surface area (Å²) >= 11 is 0. The minimum absolute atomic E-state index is 0.0609. The van der Waals surface area contributed by atoms with E-state index in [-0.39, 0.29) is 17.9 Å². The molecule has 0 aromatic heterocycles. The smallest absolute Gasteiger partial charge is 0.339 e. The van der Waals surface area contributed by atoms with Crippen molar-refractivity contribution in [2.45, 2.75) is 25.7 Å². The third-order valence-corrected chi connectivity index (χ3v) is 3.61. The number of aromatic carboxylic acids is 1. The molecule has 0 aliphatic rings. The van der Waals surface area contributed by atoms with Crippen LogP contribution in [0.2, 0.25) is 0 Å². The number of carbonyl (C=O) groups is 1. The second kappa shape index (κ2) is 7.61. The molecule has 2 aromatic carbocycles. The van der Waals surface area contributed by atoms with Crippen molar-refractivity contribution >= 4 is 5.97 Å². The van der Waals surface area contributed by atoms with Crippen LogP contribution in [0.4, 0.5) is 0 Å². The van der Waals surface area contributed by atoms with E-state index in [1.54, 1.807) is 6.07 Å². The Morgan fingerprint density at radius 2 is 1.55 bits per heavy atom. The lowest BCUT2D eigenvalue weighted by atomic mass is 9.99. The van der Waals surface area contributed by atoms with E-state index in [2.05, 4.69) is 6.07 Å². The fourth-order valence-electron chi connectivity index (χ4n) is 2.42. The van der Waals surface area contributed by atoms with Crippen LogP contribution < -0.4 is 0 Å². The molecule has 2 rings (SSSR count). The monoisotopic (exact) mass is 300 g/mol.